The van der Waals surface area contributed by atoms with Gasteiger partial charge < -0.3 is 0 Å². The molecule has 1 aliphatic rings. The first-order valence-electron chi connectivity index (χ1n) is 14.8. The predicted molar refractivity (Wildman–Crippen MR) is 154 cm³/mol. The maximum Gasteiger partial charge on any atom is 0.523 e. The van der Waals surface area contributed by atoms with E-state index in [1.165, 1.54) is 31.4 Å². The summed E-state index contributed by atoms with van der Waals surface area (Å²) in [5, 5.41) is 0. The van der Waals surface area contributed by atoms with Crippen LogP contribution in [0.15, 0.2) is 29.2 Å². The van der Waals surface area contributed by atoms with E-state index in [1.807, 2.05) is 0 Å². The molecule has 0 aliphatic carbocycles. The zero-order valence-corrected chi connectivity index (χ0v) is 27.6. The molecule has 0 spiro atoms. The van der Waals surface area contributed by atoms with Gasteiger partial charge in [0.15, 0.2) is 0 Å². The highest BCUT2D eigenvalue weighted by Crippen LogP contribution is 2.41. The first-order chi connectivity index (χ1) is 20.8. The Labute approximate surface area is 261 Å². The molecule has 1 heterocycles. The molecule has 262 valence electrons. The van der Waals surface area contributed by atoms with E-state index < -0.39 is 71.0 Å². The van der Waals surface area contributed by atoms with Crippen LogP contribution < -0.4 is 0 Å². The van der Waals surface area contributed by atoms with Crippen molar-refractivity contribution >= 4 is 30.3 Å². The van der Waals surface area contributed by atoms with Gasteiger partial charge in [-0.2, -0.15) is 47.5 Å². The van der Waals surface area contributed by atoms with E-state index in [4.69, 9.17) is 0 Å². The van der Waals surface area contributed by atoms with Crippen LogP contribution in [0.25, 0.3) is 0 Å². The third-order valence-corrected chi connectivity index (χ3v) is 11.6. The van der Waals surface area contributed by atoms with Gasteiger partial charge in [0.05, 0.1) is 23.6 Å². The fourth-order valence-electron chi connectivity index (χ4n) is 5.09. The molecule has 0 radical (unpaired) electrons. The molecule has 3 atom stereocenters. The number of benzene rings is 1. The van der Waals surface area contributed by atoms with Crippen LogP contribution in [0.5, 0.6) is 0 Å². The van der Waals surface area contributed by atoms with Crippen molar-refractivity contribution in [2.75, 3.05) is 6.61 Å². The molecule has 0 N–H and O–H groups in total. The second-order valence-corrected chi connectivity index (χ2v) is 16.1. The van der Waals surface area contributed by atoms with E-state index >= 15 is 0 Å². The van der Waals surface area contributed by atoms with Crippen LogP contribution in [0.4, 0.5) is 26.3 Å². The van der Waals surface area contributed by atoms with Gasteiger partial charge >= 0.3 is 31.3 Å². The van der Waals surface area contributed by atoms with E-state index in [2.05, 4.69) is 15.3 Å². The van der Waals surface area contributed by atoms with Crippen LogP contribution in [0.3, 0.4) is 0 Å². The summed E-state index contributed by atoms with van der Waals surface area (Å²) in [6.45, 7) is 2.14. The van der Waals surface area contributed by atoms with Crippen LogP contribution in [0.1, 0.15) is 96.0 Å². The monoisotopic (exact) mass is 717 g/mol. The molecule has 0 bridgehead atoms. The summed E-state index contributed by atoms with van der Waals surface area (Å²) in [5.41, 5.74) is -11.2. The van der Waals surface area contributed by atoms with Crippen LogP contribution in [-0.4, -0.2) is 65.4 Å². The smallest absolute Gasteiger partial charge is 0.261 e. The lowest BCUT2D eigenvalue weighted by Crippen LogP contribution is -2.72. The Morgan fingerprint density at radius 2 is 1.11 bits per heavy atom. The standard InChI is InChI=1S/C27H41F6NO8S3/c1-3-4-5-6-7-8-9-10-11-12-13-14-15-23-25(42-45(39,40)27(31,32)33)24(20-41-44(37,38)26(28,29)30)34(23)43(35,36)22-18-16-21(2)17-19-22/h16-19,23-25H,3-15,20H2,1-2H3/t23-,24+,25-/m0/s1. The minimum Gasteiger partial charge on any atom is -0.261 e. The van der Waals surface area contributed by atoms with Gasteiger partial charge in [0.25, 0.3) is 0 Å². The number of aryl methyl sites for hydroxylation is 1. The van der Waals surface area contributed by atoms with E-state index in [0.717, 1.165) is 50.7 Å². The maximum absolute atomic E-state index is 13.6. The maximum atomic E-state index is 13.6. The van der Waals surface area contributed by atoms with E-state index in [9.17, 15) is 51.6 Å². The van der Waals surface area contributed by atoms with Gasteiger partial charge in [-0.05, 0) is 25.5 Å². The van der Waals surface area contributed by atoms with Crippen molar-refractivity contribution in [3.8, 4) is 0 Å². The van der Waals surface area contributed by atoms with Crippen LogP contribution >= 0.6 is 0 Å². The number of halogens is 6. The largest absolute Gasteiger partial charge is 0.523 e. The normalized spacial score (nSPS) is 20.3. The van der Waals surface area contributed by atoms with Gasteiger partial charge in [0, 0.05) is 0 Å². The molecule has 0 amide bonds. The molecule has 0 aromatic heterocycles. The summed E-state index contributed by atoms with van der Waals surface area (Å²) in [6, 6.07) is 1.38. The molecule has 1 fully saturated rings. The average molecular weight is 718 g/mol. The molecule has 0 unspecified atom stereocenters. The second-order valence-electron chi connectivity index (χ2n) is 11.1. The molecule has 1 aromatic rings. The molecule has 1 aromatic carbocycles. The van der Waals surface area contributed by atoms with Gasteiger partial charge in [-0.1, -0.05) is 102 Å². The molecular formula is C27H41F6NO8S3. The lowest BCUT2D eigenvalue weighted by atomic mass is 9.89. The van der Waals surface area contributed by atoms with Crippen molar-refractivity contribution in [2.45, 2.75) is 131 Å². The highest BCUT2D eigenvalue weighted by molar-refractivity contribution is 7.89. The zero-order chi connectivity index (χ0) is 34.1. The van der Waals surface area contributed by atoms with Gasteiger partial charge in [0.2, 0.25) is 10.0 Å². The van der Waals surface area contributed by atoms with Crippen molar-refractivity contribution in [1.29, 1.82) is 0 Å². The topological polar surface area (TPSA) is 124 Å². The summed E-state index contributed by atoms with van der Waals surface area (Å²) in [4.78, 5) is -0.395. The van der Waals surface area contributed by atoms with Crippen molar-refractivity contribution < 1.29 is 60.0 Å². The molecule has 1 aliphatic heterocycles. The molecule has 45 heavy (non-hydrogen) atoms. The first kappa shape index (κ1) is 39.7. The summed E-state index contributed by atoms with van der Waals surface area (Å²) in [6.07, 6.45) is 8.88. The van der Waals surface area contributed by atoms with Crippen LogP contribution in [-0.2, 0) is 38.6 Å². The SMILES string of the molecule is CCCCCCCCCCCCCC[C@H]1[C@H](OS(=O)(=O)C(F)(F)F)[C@@H](COS(=O)(=O)C(F)(F)F)N1S(=O)(=O)c1ccc(C)cc1. The summed E-state index contributed by atoms with van der Waals surface area (Å²) in [7, 11) is -17.3. The number of alkyl halides is 6. The number of hydrogen-bond acceptors (Lipinski definition) is 8. The summed E-state index contributed by atoms with van der Waals surface area (Å²) in [5.74, 6) is 0. The van der Waals surface area contributed by atoms with Crippen LogP contribution in [0, 0.1) is 6.92 Å². The number of rotatable bonds is 20. The Balaban J connectivity index is 2.23. The number of nitrogens with zero attached hydrogens (tertiary/aromatic N) is 1. The number of unbranched alkanes of at least 4 members (excludes halogenated alkanes) is 11. The predicted octanol–water partition coefficient (Wildman–Crippen LogP) is 6.93. The third kappa shape index (κ3) is 11.0. The molecule has 9 nitrogen and oxygen atoms in total. The highest BCUT2D eigenvalue weighted by atomic mass is 32.2. The Bertz CT molecular complexity index is 1380. The van der Waals surface area contributed by atoms with Gasteiger partial charge in [0.1, 0.15) is 6.10 Å². The van der Waals surface area contributed by atoms with Crippen molar-refractivity contribution in [3.63, 3.8) is 0 Å². The highest BCUT2D eigenvalue weighted by Gasteiger charge is 2.61. The average Bonchev–Trinajstić information content (AvgIpc) is 2.91. The minimum atomic E-state index is -6.35. The first-order valence-corrected chi connectivity index (χ1v) is 19.1. The number of sulfonamides is 1. The number of hydrogen-bond donors (Lipinski definition) is 0. The van der Waals surface area contributed by atoms with Crippen molar-refractivity contribution in [1.82, 2.24) is 4.31 Å². The Morgan fingerprint density at radius 3 is 1.56 bits per heavy atom. The van der Waals surface area contributed by atoms with Gasteiger partial charge in [-0.25, -0.2) is 8.42 Å². The molecular weight excluding hydrogens is 676 g/mol. The molecule has 2 rings (SSSR count). The van der Waals surface area contributed by atoms with E-state index in [1.54, 1.807) is 6.92 Å². The fraction of sp³-hybridized carbons (Fsp3) is 0.778. The van der Waals surface area contributed by atoms with Gasteiger partial charge in [-0.15, -0.1) is 0 Å². The lowest BCUT2D eigenvalue weighted by molar-refractivity contribution is -0.0971. The van der Waals surface area contributed by atoms with E-state index in [0.29, 0.717) is 22.7 Å². The quantitative estimate of drug-likeness (QED) is 0.0616. The lowest BCUT2D eigenvalue weighted by Gasteiger charge is -2.52. The Kier molecular flexibility index (Phi) is 14.6. The summed E-state index contributed by atoms with van der Waals surface area (Å²) >= 11 is 0. The van der Waals surface area contributed by atoms with Gasteiger partial charge in [-0.3, -0.25) is 8.37 Å². The van der Waals surface area contributed by atoms with E-state index in [-0.39, 0.29) is 12.8 Å². The van der Waals surface area contributed by atoms with Crippen LogP contribution in [0.2, 0.25) is 0 Å². The van der Waals surface area contributed by atoms with Crippen molar-refractivity contribution in [2.24, 2.45) is 0 Å². The Morgan fingerprint density at radius 1 is 0.667 bits per heavy atom. The molecule has 0 saturated carbocycles. The minimum absolute atomic E-state index is 0.205. The Hall–Kier alpha value is -1.47. The third-order valence-electron chi connectivity index (χ3n) is 7.56. The second kappa shape index (κ2) is 16.6. The summed E-state index contributed by atoms with van der Waals surface area (Å²) < 4.78 is 161. The van der Waals surface area contributed by atoms with Crippen molar-refractivity contribution in [3.05, 3.63) is 29.8 Å². The molecule has 1 saturated heterocycles. The fourth-order valence-corrected chi connectivity index (χ4v) is 8.04. The zero-order valence-electron chi connectivity index (χ0n) is 25.1. The molecule has 18 heteroatoms.